The normalized spacial score (nSPS) is 11.6. The maximum atomic E-state index is 12.2. The molecule has 2 aromatic heterocycles. The largest absolute Gasteiger partial charge is 0.321 e. The molecule has 0 fully saturated rings. The van der Waals surface area contributed by atoms with Gasteiger partial charge in [-0.3, -0.25) is 4.68 Å². The first-order chi connectivity index (χ1) is 10.1. The predicted molar refractivity (Wildman–Crippen MR) is 80.0 cm³/mol. The minimum absolute atomic E-state index is 0.0316. The Balaban J connectivity index is 1.71. The highest BCUT2D eigenvalue weighted by Gasteiger charge is 2.14. The van der Waals surface area contributed by atoms with E-state index in [0.29, 0.717) is 11.4 Å². The third kappa shape index (κ3) is 3.05. The molecule has 108 valence electrons. The first-order valence-electron chi connectivity index (χ1n) is 6.59. The summed E-state index contributed by atoms with van der Waals surface area (Å²) in [5.41, 5.74) is 0.914. The SMILES string of the molecule is O=S(=O)(CCn1cc(-n2cccc2)cn1)c1ccccc1. The maximum absolute atomic E-state index is 12.2. The van der Waals surface area contributed by atoms with Crippen LogP contribution in [0.25, 0.3) is 5.69 Å². The summed E-state index contributed by atoms with van der Waals surface area (Å²) in [4.78, 5) is 0.350. The highest BCUT2D eigenvalue weighted by Crippen LogP contribution is 2.11. The topological polar surface area (TPSA) is 56.9 Å². The van der Waals surface area contributed by atoms with Gasteiger partial charge in [-0.25, -0.2) is 8.42 Å². The van der Waals surface area contributed by atoms with Crippen LogP contribution in [0.2, 0.25) is 0 Å². The Kier molecular flexibility index (Phi) is 3.62. The van der Waals surface area contributed by atoms with E-state index in [1.165, 1.54) is 0 Å². The van der Waals surface area contributed by atoms with Crippen LogP contribution in [-0.2, 0) is 16.4 Å². The Morgan fingerprint density at radius 2 is 1.71 bits per heavy atom. The zero-order chi connectivity index (χ0) is 14.7. The van der Waals surface area contributed by atoms with E-state index in [4.69, 9.17) is 0 Å². The van der Waals surface area contributed by atoms with E-state index in [2.05, 4.69) is 5.10 Å². The lowest BCUT2D eigenvalue weighted by Crippen LogP contribution is -2.13. The van der Waals surface area contributed by atoms with Gasteiger partial charge in [-0.2, -0.15) is 5.10 Å². The van der Waals surface area contributed by atoms with Gasteiger partial charge in [-0.1, -0.05) is 18.2 Å². The van der Waals surface area contributed by atoms with Gasteiger partial charge in [0.2, 0.25) is 0 Å². The van der Waals surface area contributed by atoms with Crippen LogP contribution in [0.1, 0.15) is 0 Å². The summed E-state index contributed by atoms with van der Waals surface area (Å²) in [6.07, 6.45) is 7.39. The number of aryl methyl sites for hydroxylation is 1. The average molecular weight is 301 g/mol. The second-order valence-electron chi connectivity index (χ2n) is 4.68. The lowest BCUT2D eigenvalue weighted by Gasteiger charge is -2.04. The molecule has 3 rings (SSSR count). The summed E-state index contributed by atoms with van der Waals surface area (Å²) in [6, 6.07) is 12.3. The molecular weight excluding hydrogens is 286 g/mol. The molecule has 0 aliphatic carbocycles. The van der Waals surface area contributed by atoms with Gasteiger partial charge >= 0.3 is 0 Å². The molecular formula is C15H15N3O2S. The van der Waals surface area contributed by atoms with Crippen molar-refractivity contribution in [2.24, 2.45) is 0 Å². The number of rotatable bonds is 5. The molecule has 3 aromatic rings. The van der Waals surface area contributed by atoms with Crippen molar-refractivity contribution in [2.75, 3.05) is 5.75 Å². The van der Waals surface area contributed by atoms with Gasteiger partial charge in [0, 0.05) is 18.6 Å². The molecule has 2 heterocycles. The Bertz CT molecular complexity index is 806. The van der Waals surface area contributed by atoms with E-state index < -0.39 is 9.84 Å². The fourth-order valence-corrected chi connectivity index (χ4v) is 3.31. The number of sulfone groups is 1. The standard InChI is InChI=1S/C15H15N3O2S/c19-21(20,15-6-2-1-3-7-15)11-10-18-13-14(12-16-18)17-8-4-5-9-17/h1-9,12-13H,10-11H2. The molecule has 5 nitrogen and oxygen atoms in total. The minimum atomic E-state index is -3.27. The van der Waals surface area contributed by atoms with E-state index in [-0.39, 0.29) is 5.75 Å². The predicted octanol–water partition coefficient (Wildman–Crippen LogP) is 2.15. The molecule has 0 aliphatic rings. The van der Waals surface area contributed by atoms with Crippen molar-refractivity contribution in [3.05, 3.63) is 67.3 Å². The molecule has 6 heteroatoms. The van der Waals surface area contributed by atoms with Gasteiger partial charge in [0.25, 0.3) is 0 Å². The van der Waals surface area contributed by atoms with Crippen molar-refractivity contribution < 1.29 is 8.42 Å². The molecule has 0 unspecified atom stereocenters. The second kappa shape index (κ2) is 5.57. The van der Waals surface area contributed by atoms with Crippen LogP contribution < -0.4 is 0 Å². The lowest BCUT2D eigenvalue weighted by atomic mass is 10.4. The van der Waals surface area contributed by atoms with Crippen LogP contribution in [0, 0.1) is 0 Å². The van der Waals surface area contributed by atoms with Gasteiger partial charge in [0.15, 0.2) is 9.84 Å². The zero-order valence-corrected chi connectivity index (χ0v) is 12.1. The van der Waals surface area contributed by atoms with Crippen molar-refractivity contribution >= 4 is 9.84 Å². The van der Waals surface area contributed by atoms with Crippen LogP contribution in [0.5, 0.6) is 0 Å². The van der Waals surface area contributed by atoms with Crippen LogP contribution in [0.3, 0.4) is 0 Å². The lowest BCUT2D eigenvalue weighted by molar-refractivity contribution is 0.580. The summed E-state index contributed by atoms with van der Waals surface area (Å²) in [5.74, 6) is 0.0316. The minimum Gasteiger partial charge on any atom is -0.321 e. The maximum Gasteiger partial charge on any atom is 0.180 e. The summed E-state index contributed by atoms with van der Waals surface area (Å²) in [5, 5.41) is 4.20. The van der Waals surface area contributed by atoms with Crippen molar-refractivity contribution in [1.29, 1.82) is 0 Å². The molecule has 0 saturated heterocycles. The summed E-state index contributed by atoms with van der Waals surface area (Å²) < 4.78 is 28.0. The molecule has 0 N–H and O–H groups in total. The Morgan fingerprint density at radius 3 is 2.43 bits per heavy atom. The van der Waals surface area contributed by atoms with E-state index in [0.717, 1.165) is 5.69 Å². The molecule has 0 bridgehead atoms. The number of nitrogens with zero attached hydrogens (tertiary/aromatic N) is 3. The van der Waals surface area contributed by atoms with Crippen molar-refractivity contribution in [3.8, 4) is 5.69 Å². The summed E-state index contributed by atoms with van der Waals surface area (Å²) in [6.45, 7) is 0.332. The molecule has 21 heavy (non-hydrogen) atoms. The smallest absolute Gasteiger partial charge is 0.180 e. The van der Waals surface area contributed by atoms with Crippen LogP contribution >= 0.6 is 0 Å². The highest BCUT2D eigenvalue weighted by atomic mass is 32.2. The number of hydrogen-bond acceptors (Lipinski definition) is 3. The fourth-order valence-electron chi connectivity index (χ4n) is 2.07. The van der Waals surface area contributed by atoms with E-state index in [1.54, 1.807) is 41.2 Å². The molecule has 1 aromatic carbocycles. The fraction of sp³-hybridized carbons (Fsp3) is 0.133. The molecule has 0 amide bonds. The number of hydrogen-bond donors (Lipinski definition) is 0. The van der Waals surface area contributed by atoms with Crippen LogP contribution in [0.15, 0.2) is 72.1 Å². The molecule has 0 atom stereocenters. The number of benzene rings is 1. The quantitative estimate of drug-likeness (QED) is 0.725. The first kappa shape index (κ1) is 13.6. The van der Waals surface area contributed by atoms with E-state index in [1.807, 2.05) is 35.3 Å². The summed E-state index contributed by atoms with van der Waals surface area (Å²) in [7, 11) is -3.27. The van der Waals surface area contributed by atoms with Crippen molar-refractivity contribution in [2.45, 2.75) is 11.4 Å². The van der Waals surface area contributed by atoms with Crippen molar-refractivity contribution in [3.63, 3.8) is 0 Å². The number of aromatic nitrogens is 3. The van der Waals surface area contributed by atoms with Crippen molar-refractivity contribution in [1.82, 2.24) is 14.3 Å². The Morgan fingerprint density at radius 1 is 1.00 bits per heavy atom. The molecule has 0 spiro atoms. The first-order valence-corrected chi connectivity index (χ1v) is 8.24. The zero-order valence-electron chi connectivity index (χ0n) is 11.3. The Labute approximate surface area is 123 Å². The highest BCUT2D eigenvalue weighted by molar-refractivity contribution is 7.91. The average Bonchev–Trinajstić information content (AvgIpc) is 3.17. The molecule has 0 aliphatic heterocycles. The van der Waals surface area contributed by atoms with Gasteiger partial charge in [-0.05, 0) is 24.3 Å². The third-order valence-electron chi connectivity index (χ3n) is 3.21. The third-order valence-corrected chi connectivity index (χ3v) is 4.92. The van der Waals surface area contributed by atoms with Gasteiger partial charge in [0.1, 0.15) is 0 Å². The molecule has 0 saturated carbocycles. The monoisotopic (exact) mass is 301 g/mol. The van der Waals surface area contributed by atoms with Gasteiger partial charge in [-0.15, -0.1) is 0 Å². The van der Waals surface area contributed by atoms with Gasteiger partial charge < -0.3 is 4.57 Å². The Hall–Kier alpha value is -2.34. The molecule has 0 radical (unpaired) electrons. The van der Waals surface area contributed by atoms with E-state index >= 15 is 0 Å². The summed E-state index contributed by atoms with van der Waals surface area (Å²) >= 11 is 0. The van der Waals surface area contributed by atoms with E-state index in [9.17, 15) is 8.42 Å². The van der Waals surface area contributed by atoms with Crippen LogP contribution in [-0.4, -0.2) is 28.5 Å². The second-order valence-corrected chi connectivity index (χ2v) is 6.79. The van der Waals surface area contributed by atoms with Crippen LogP contribution in [0.4, 0.5) is 0 Å². The van der Waals surface area contributed by atoms with Gasteiger partial charge in [0.05, 0.1) is 29.1 Å².